The molecule has 0 spiro atoms. The van der Waals surface area contributed by atoms with E-state index < -0.39 is 6.04 Å². The molecule has 2 saturated heterocycles. The SMILES string of the molecule is CCC.O=C1CCC(N2C(=O)c3cccc4c(C5CCNCC5)ccc2c34)C(=O)N1. The number of nitrogens with zero attached hydrogens (tertiary/aromatic N) is 1. The van der Waals surface area contributed by atoms with E-state index in [-0.39, 0.29) is 24.1 Å². The van der Waals surface area contributed by atoms with E-state index in [4.69, 9.17) is 0 Å². The van der Waals surface area contributed by atoms with Gasteiger partial charge in [0.1, 0.15) is 6.04 Å². The van der Waals surface area contributed by atoms with E-state index in [9.17, 15) is 14.4 Å². The molecular weight excluding hydrogens is 378 g/mol. The van der Waals surface area contributed by atoms with Gasteiger partial charge in [0.2, 0.25) is 11.8 Å². The molecular formula is C24H29N3O3. The van der Waals surface area contributed by atoms with Gasteiger partial charge in [-0.25, -0.2) is 0 Å². The first kappa shape index (κ1) is 20.5. The summed E-state index contributed by atoms with van der Waals surface area (Å²) in [7, 11) is 0. The second-order valence-corrected chi connectivity index (χ2v) is 8.28. The standard InChI is InChI=1S/C21H21N3O3.C3H8/c25-18-7-6-17(20(26)23-18)24-16-5-4-13(12-8-10-22-11-9-12)14-2-1-3-15(19(14)16)21(24)27;1-3-2/h1-5,12,17,22H,6-11H2,(H,23,25,26);3H2,1-2H3. The summed E-state index contributed by atoms with van der Waals surface area (Å²) in [6.07, 6.45) is 4.04. The number of imide groups is 1. The first-order valence-electron chi connectivity index (χ1n) is 11.0. The summed E-state index contributed by atoms with van der Waals surface area (Å²) in [5.74, 6) is -0.322. The minimum atomic E-state index is -0.629. The van der Waals surface area contributed by atoms with Crippen LogP contribution in [0.5, 0.6) is 0 Å². The molecule has 6 heteroatoms. The van der Waals surface area contributed by atoms with E-state index in [1.54, 1.807) is 4.90 Å². The van der Waals surface area contributed by atoms with Gasteiger partial charge in [-0.2, -0.15) is 0 Å². The number of nitrogens with one attached hydrogen (secondary N) is 2. The molecule has 0 aliphatic carbocycles. The highest BCUT2D eigenvalue weighted by Crippen LogP contribution is 2.43. The molecule has 0 bridgehead atoms. The van der Waals surface area contributed by atoms with Crippen LogP contribution in [0, 0.1) is 0 Å². The van der Waals surface area contributed by atoms with Crippen LogP contribution in [0.3, 0.4) is 0 Å². The van der Waals surface area contributed by atoms with Crippen molar-refractivity contribution in [3.63, 3.8) is 0 Å². The van der Waals surface area contributed by atoms with Gasteiger partial charge in [-0.3, -0.25) is 24.6 Å². The minimum Gasteiger partial charge on any atom is -0.317 e. The van der Waals surface area contributed by atoms with Crippen LogP contribution in [0.1, 0.15) is 67.8 Å². The lowest BCUT2D eigenvalue weighted by atomic mass is 9.86. The lowest BCUT2D eigenvalue weighted by molar-refractivity contribution is -0.134. The zero-order valence-electron chi connectivity index (χ0n) is 17.7. The zero-order chi connectivity index (χ0) is 21.3. The highest BCUT2D eigenvalue weighted by Gasteiger charge is 2.41. The predicted octanol–water partition coefficient (Wildman–Crippen LogP) is 3.49. The van der Waals surface area contributed by atoms with Crippen molar-refractivity contribution >= 4 is 34.2 Å². The molecule has 3 heterocycles. The number of hydrogen-bond acceptors (Lipinski definition) is 4. The summed E-state index contributed by atoms with van der Waals surface area (Å²) < 4.78 is 0. The van der Waals surface area contributed by atoms with E-state index in [1.165, 1.54) is 12.0 Å². The Hall–Kier alpha value is -2.73. The highest BCUT2D eigenvalue weighted by atomic mass is 16.2. The fraction of sp³-hybridized carbons (Fsp3) is 0.458. The van der Waals surface area contributed by atoms with Crippen LogP contribution in [-0.4, -0.2) is 36.9 Å². The van der Waals surface area contributed by atoms with Crippen LogP contribution in [-0.2, 0) is 9.59 Å². The van der Waals surface area contributed by atoms with Crippen LogP contribution >= 0.6 is 0 Å². The molecule has 3 aliphatic heterocycles. The summed E-state index contributed by atoms with van der Waals surface area (Å²) >= 11 is 0. The van der Waals surface area contributed by atoms with Crippen molar-refractivity contribution in [1.82, 2.24) is 10.6 Å². The third kappa shape index (κ3) is 3.49. The third-order valence-corrected chi connectivity index (χ3v) is 6.06. The van der Waals surface area contributed by atoms with Crippen molar-refractivity contribution in [2.45, 2.75) is 57.9 Å². The van der Waals surface area contributed by atoms with Gasteiger partial charge in [0, 0.05) is 17.4 Å². The van der Waals surface area contributed by atoms with Gasteiger partial charge in [0.15, 0.2) is 0 Å². The quantitative estimate of drug-likeness (QED) is 0.747. The molecule has 5 rings (SSSR count). The average Bonchev–Trinajstić information content (AvgIpc) is 3.03. The van der Waals surface area contributed by atoms with Crippen molar-refractivity contribution in [2.24, 2.45) is 0 Å². The number of rotatable bonds is 2. The van der Waals surface area contributed by atoms with E-state index in [0.717, 1.165) is 42.4 Å². The topological polar surface area (TPSA) is 78.5 Å². The number of carbonyl (C=O) groups excluding carboxylic acids is 3. The Morgan fingerprint density at radius 2 is 1.73 bits per heavy atom. The van der Waals surface area contributed by atoms with Crippen molar-refractivity contribution < 1.29 is 14.4 Å². The van der Waals surface area contributed by atoms with E-state index in [2.05, 4.69) is 36.6 Å². The zero-order valence-corrected chi connectivity index (χ0v) is 17.7. The maximum absolute atomic E-state index is 13.1. The van der Waals surface area contributed by atoms with E-state index >= 15 is 0 Å². The molecule has 0 radical (unpaired) electrons. The molecule has 2 fully saturated rings. The molecule has 1 unspecified atom stereocenters. The van der Waals surface area contributed by atoms with Crippen molar-refractivity contribution in [3.8, 4) is 0 Å². The lowest BCUT2D eigenvalue weighted by Crippen LogP contribution is -2.53. The minimum absolute atomic E-state index is 0.146. The van der Waals surface area contributed by atoms with Gasteiger partial charge >= 0.3 is 0 Å². The van der Waals surface area contributed by atoms with Crippen LogP contribution in [0.2, 0.25) is 0 Å². The molecule has 3 amide bonds. The molecule has 1 atom stereocenters. The maximum Gasteiger partial charge on any atom is 0.259 e. The van der Waals surface area contributed by atoms with E-state index in [0.29, 0.717) is 17.9 Å². The summed E-state index contributed by atoms with van der Waals surface area (Å²) in [6, 6.07) is 9.33. The maximum atomic E-state index is 13.1. The van der Waals surface area contributed by atoms with Crippen LogP contribution < -0.4 is 15.5 Å². The van der Waals surface area contributed by atoms with Gasteiger partial charge in [-0.15, -0.1) is 0 Å². The normalized spacial score (nSPS) is 21.5. The predicted molar refractivity (Wildman–Crippen MR) is 118 cm³/mol. The molecule has 0 aromatic heterocycles. The van der Waals surface area contributed by atoms with Crippen LogP contribution in [0.15, 0.2) is 30.3 Å². The molecule has 2 aromatic carbocycles. The fourth-order valence-electron chi connectivity index (χ4n) is 4.76. The van der Waals surface area contributed by atoms with E-state index in [1.807, 2.05) is 18.2 Å². The largest absolute Gasteiger partial charge is 0.317 e. The smallest absolute Gasteiger partial charge is 0.259 e. The second-order valence-electron chi connectivity index (χ2n) is 8.28. The molecule has 30 heavy (non-hydrogen) atoms. The number of carbonyl (C=O) groups is 3. The van der Waals surface area contributed by atoms with Gasteiger partial charge in [-0.05, 0) is 61.4 Å². The monoisotopic (exact) mass is 407 g/mol. The van der Waals surface area contributed by atoms with Crippen molar-refractivity contribution in [2.75, 3.05) is 18.0 Å². The number of piperidine rings is 2. The van der Waals surface area contributed by atoms with Gasteiger partial charge in [0.05, 0.1) is 5.69 Å². The van der Waals surface area contributed by atoms with Gasteiger partial charge in [-0.1, -0.05) is 38.5 Å². The van der Waals surface area contributed by atoms with Crippen molar-refractivity contribution in [3.05, 3.63) is 41.5 Å². The Balaban J connectivity index is 0.000000687. The molecule has 2 N–H and O–H groups in total. The fourth-order valence-corrected chi connectivity index (χ4v) is 4.76. The molecule has 0 saturated carbocycles. The van der Waals surface area contributed by atoms with Gasteiger partial charge in [0.25, 0.3) is 5.91 Å². The second kappa shape index (κ2) is 8.56. The van der Waals surface area contributed by atoms with Crippen LogP contribution in [0.4, 0.5) is 5.69 Å². The van der Waals surface area contributed by atoms with Gasteiger partial charge < -0.3 is 5.32 Å². The summed E-state index contributed by atoms with van der Waals surface area (Å²) in [4.78, 5) is 38.6. The lowest BCUT2D eigenvalue weighted by Gasteiger charge is -2.30. The summed E-state index contributed by atoms with van der Waals surface area (Å²) in [5.41, 5.74) is 2.73. The van der Waals surface area contributed by atoms with Crippen molar-refractivity contribution in [1.29, 1.82) is 0 Å². The number of hydrogen-bond donors (Lipinski definition) is 2. The Bertz CT molecular complexity index is 995. The molecule has 3 aliphatic rings. The Kier molecular flexibility index (Phi) is 5.86. The first-order valence-corrected chi connectivity index (χ1v) is 11.0. The Labute approximate surface area is 177 Å². The summed E-state index contributed by atoms with van der Waals surface area (Å²) in [5, 5.41) is 7.83. The summed E-state index contributed by atoms with van der Waals surface area (Å²) in [6.45, 7) is 6.27. The molecule has 158 valence electrons. The Morgan fingerprint density at radius 1 is 1.00 bits per heavy atom. The molecule has 2 aromatic rings. The number of benzene rings is 2. The number of amides is 3. The number of anilines is 1. The molecule has 6 nitrogen and oxygen atoms in total. The average molecular weight is 408 g/mol. The highest BCUT2D eigenvalue weighted by molar-refractivity contribution is 6.27. The first-order chi connectivity index (χ1) is 14.6. The Morgan fingerprint density at radius 3 is 2.43 bits per heavy atom. The third-order valence-electron chi connectivity index (χ3n) is 6.06. The van der Waals surface area contributed by atoms with Crippen LogP contribution in [0.25, 0.3) is 10.8 Å².